The lowest BCUT2D eigenvalue weighted by Crippen LogP contribution is -2.43. The number of hydrogen-bond donors (Lipinski definition) is 1. The first-order valence-corrected chi connectivity index (χ1v) is 15.6. The van der Waals surface area contributed by atoms with E-state index in [2.05, 4.69) is 20.8 Å². The molecule has 1 N–H and O–H groups in total. The lowest BCUT2D eigenvalue weighted by atomic mass is 9.94. The van der Waals surface area contributed by atoms with Crippen molar-refractivity contribution in [3.05, 3.63) is 41.5 Å². The molecule has 0 amide bonds. The first-order valence-electron chi connectivity index (χ1n) is 15.6. The average Bonchev–Trinajstić information content (AvgIpc) is 3.29. The Morgan fingerprint density at radius 1 is 1.04 bits per heavy atom. The van der Waals surface area contributed by atoms with Crippen LogP contribution in [-0.2, 0) is 0 Å². The van der Waals surface area contributed by atoms with Crippen LogP contribution in [0, 0.1) is 24.0 Å². The van der Waals surface area contributed by atoms with Gasteiger partial charge in [0.15, 0.2) is 5.82 Å². The van der Waals surface area contributed by atoms with Crippen molar-refractivity contribution in [3.8, 4) is 41.2 Å². The number of aromatic hydroxyl groups is 1. The Balaban J connectivity index is 1.33. The molecule has 0 saturated carbocycles. The van der Waals surface area contributed by atoms with E-state index in [-0.39, 0.29) is 95.9 Å². The highest BCUT2D eigenvalue weighted by Gasteiger charge is 2.53. The molecule has 8 nitrogen and oxygen atoms in total. The van der Waals surface area contributed by atoms with Crippen molar-refractivity contribution in [1.29, 1.82) is 0 Å². The molecule has 3 atom stereocenters. The van der Waals surface area contributed by atoms with Crippen molar-refractivity contribution in [2.24, 2.45) is 0 Å². The number of aromatic nitrogens is 3. The van der Waals surface area contributed by atoms with Gasteiger partial charge in [0.1, 0.15) is 59.5 Å². The number of alkyl halides is 2. The van der Waals surface area contributed by atoms with Crippen LogP contribution < -0.4 is 14.4 Å². The second kappa shape index (κ2) is 10.9. The highest BCUT2D eigenvalue weighted by Crippen LogP contribution is 2.45. The van der Waals surface area contributed by atoms with Gasteiger partial charge in [0.05, 0.1) is 17.1 Å². The molecular formula is C34H31F4N5O3. The van der Waals surface area contributed by atoms with E-state index < -0.39 is 29.5 Å². The van der Waals surface area contributed by atoms with E-state index >= 15 is 4.39 Å². The molecule has 46 heavy (non-hydrogen) atoms. The standard InChI is InChI=1S/C34H31F4N5O3/c1-2-23-25(37)8-7-18-10-22(44)11-24(26(18)23)29-28(38)30-27-31(43-9-5-3-4-6-21(43)16-45-32(27)39-29)41-33(40-30)46-17-34-12-19(35)14-42(34)15-20(36)13-34/h1,7-8,10-11,19-21,44H,3-6,9,12-17H2/t19-,20-,21+/m1/s1. The van der Waals surface area contributed by atoms with E-state index in [0.717, 1.165) is 25.7 Å². The molecule has 0 radical (unpaired) electrons. The molecule has 3 fully saturated rings. The number of ether oxygens (including phenoxy) is 2. The minimum Gasteiger partial charge on any atom is -0.508 e. The van der Waals surface area contributed by atoms with E-state index in [9.17, 15) is 18.3 Å². The van der Waals surface area contributed by atoms with E-state index in [0.29, 0.717) is 17.7 Å². The highest BCUT2D eigenvalue weighted by molar-refractivity contribution is 6.04. The lowest BCUT2D eigenvalue weighted by Gasteiger charge is -2.31. The zero-order chi connectivity index (χ0) is 31.7. The molecule has 4 aromatic rings. The zero-order valence-electron chi connectivity index (χ0n) is 24.9. The van der Waals surface area contributed by atoms with Crippen molar-refractivity contribution in [1.82, 2.24) is 19.9 Å². The van der Waals surface area contributed by atoms with Crippen molar-refractivity contribution in [2.75, 3.05) is 37.7 Å². The van der Waals surface area contributed by atoms with Gasteiger partial charge in [0.25, 0.3) is 0 Å². The quantitative estimate of drug-likeness (QED) is 0.221. The van der Waals surface area contributed by atoms with Crippen molar-refractivity contribution < 1.29 is 32.1 Å². The van der Waals surface area contributed by atoms with Crippen LogP contribution in [0.3, 0.4) is 0 Å². The van der Waals surface area contributed by atoms with Gasteiger partial charge in [-0.1, -0.05) is 24.8 Å². The SMILES string of the molecule is C#Cc1c(F)ccc2cc(O)cc(-c3nc4c5c(nc(OCC67C[C@@H](F)CN6C[C@H](F)C7)nc5c3F)N3CCCCC[C@H]3CO4)c12. The molecule has 0 unspecified atom stereocenters. The van der Waals surface area contributed by atoms with Gasteiger partial charge < -0.3 is 19.5 Å². The summed E-state index contributed by atoms with van der Waals surface area (Å²) in [5, 5.41) is 11.5. The largest absolute Gasteiger partial charge is 0.508 e. The van der Waals surface area contributed by atoms with Crippen LogP contribution in [0.5, 0.6) is 17.6 Å². The third-order valence-corrected chi connectivity index (χ3v) is 9.91. The molecular weight excluding hydrogens is 602 g/mol. The fourth-order valence-electron chi connectivity index (χ4n) is 7.86. The predicted octanol–water partition coefficient (Wildman–Crippen LogP) is 5.85. The molecule has 2 aromatic heterocycles. The number of nitrogens with zero attached hydrogens (tertiary/aromatic N) is 5. The topological polar surface area (TPSA) is 83.8 Å². The molecule has 0 spiro atoms. The first kappa shape index (κ1) is 29.1. The predicted molar refractivity (Wildman–Crippen MR) is 164 cm³/mol. The number of phenols is 1. The smallest absolute Gasteiger partial charge is 0.319 e. The number of fused-ring (bicyclic) bond motifs is 4. The molecule has 8 rings (SSSR count). The van der Waals surface area contributed by atoms with Gasteiger partial charge in [-0.3, -0.25) is 4.90 Å². The summed E-state index contributed by atoms with van der Waals surface area (Å²) in [6.07, 6.45) is 7.46. The Morgan fingerprint density at radius 3 is 2.63 bits per heavy atom. The fourth-order valence-corrected chi connectivity index (χ4v) is 7.86. The molecule has 0 aliphatic carbocycles. The van der Waals surface area contributed by atoms with Gasteiger partial charge in [-0.05, 0) is 36.4 Å². The van der Waals surface area contributed by atoms with Crippen LogP contribution in [0.1, 0.15) is 44.1 Å². The minimum absolute atomic E-state index is 0.0624. The van der Waals surface area contributed by atoms with Crippen molar-refractivity contribution in [2.45, 2.75) is 62.4 Å². The zero-order valence-corrected chi connectivity index (χ0v) is 24.9. The van der Waals surface area contributed by atoms with Gasteiger partial charge in [-0.15, -0.1) is 6.42 Å². The summed E-state index contributed by atoms with van der Waals surface area (Å²) in [6.45, 7) is 1.11. The van der Waals surface area contributed by atoms with Crippen molar-refractivity contribution >= 4 is 27.5 Å². The normalized spacial score (nSPS) is 23.8. The molecule has 3 saturated heterocycles. The van der Waals surface area contributed by atoms with Crippen LogP contribution in [0.4, 0.5) is 23.4 Å². The Kier molecular flexibility index (Phi) is 6.86. The fraction of sp³-hybridized carbons (Fsp3) is 0.441. The molecule has 238 valence electrons. The number of benzene rings is 2. The van der Waals surface area contributed by atoms with Gasteiger partial charge >= 0.3 is 6.01 Å². The summed E-state index contributed by atoms with van der Waals surface area (Å²) in [7, 11) is 0. The Morgan fingerprint density at radius 2 is 1.85 bits per heavy atom. The van der Waals surface area contributed by atoms with Crippen LogP contribution in [0.2, 0.25) is 0 Å². The van der Waals surface area contributed by atoms with Crippen LogP contribution >= 0.6 is 0 Å². The van der Waals surface area contributed by atoms with Crippen LogP contribution in [0.25, 0.3) is 32.9 Å². The molecule has 0 bridgehead atoms. The van der Waals surface area contributed by atoms with E-state index in [4.69, 9.17) is 20.9 Å². The Hall–Kier alpha value is -4.37. The third-order valence-electron chi connectivity index (χ3n) is 9.91. The maximum absolute atomic E-state index is 16.9. The van der Waals surface area contributed by atoms with E-state index in [1.54, 1.807) is 4.90 Å². The first-order chi connectivity index (χ1) is 22.2. The maximum Gasteiger partial charge on any atom is 0.319 e. The van der Waals surface area contributed by atoms with Gasteiger partial charge in [-0.2, -0.15) is 9.97 Å². The number of halogens is 4. The third kappa shape index (κ3) is 4.58. The number of phenolic OH excluding ortho intramolecular Hbond substituents is 1. The van der Waals surface area contributed by atoms with E-state index in [1.165, 1.54) is 24.3 Å². The summed E-state index contributed by atoms with van der Waals surface area (Å²) < 4.78 is 73.2. The average molecular weight is 634 g/mol. The molecule has 12 heteroatoms. The van der Waals surface area contributed by atoms with Crippen LogP contribution in [0.15, 0.2) is 24.3 Å². The monoisotopic (exact) mass is 633 g/mol. The minimum atomic E-state index is -1.10. The summed E-state index contributed by atoms with van der Waals surface area (Å²) in [5.74, 6) is 1.12. The summed E-state index contributed by atoms with van der Waals surface area (Å²) in [6, 6.07) is 5.13. The second-order valence-electron chi connectivity index (χ2n) is 12.8. The summed E-state index contributed by atoms with van der Waals surface area (Å²) in [5.41, 5.74) is -1.26. The number of terminal acetylenes is 1. The maximum atomic E-state index is 16.9. The second-order valence-corrected chi connectivity index (χ2v) is 12.8. The lowest BCUT2D eigenvalue weighted by molar-refractivity contribution is 0.107. The van der Waals surface area contributed by atoms with E-state index in [1.807, 2.05) is 0 Å². The molecule has 4 aliphatic rings. The number of anilines is 1. The molecule has 2 aromatic carbocycles. The summed E-state index contributed by atoms with van der Waals surface area (Å²) >= 11 is 0. The number of hydrogen-bond acceptors (Lipinski definition) is 8. The van der Waals surface area contributed by atoms with Gasteiger partial charge in [0.2, 0.25) is 5.88 Å². The Labute approximate surface area is 262 Å². The van der Waals surface area contributed by atoms with Gasteiger partial charge in [0, 0.05) is 43.4 Å². The van der Waals surface area contributed by atoms with Gasteiger partial charge in [-0.25, -0.2) is 22.5 Å². The summed E-state index contributed by atoms with van der Waals surface area (Å²) in [4.78, 5) is 17.7. The number of rotatable bonds is 4. The molecule has 4 aliphatic heterocycles. The molecule has 6 heterocycles. The Bertz CT molecular complexity index is 1920. The highest BCUT2D eigenvalue weighted by atomic mass is 19.1. The van der Waals surface area contributed by atoms with Crippen molar-refractivity contribution in [3.63, 3.8) is 0 Å². The van der Waals surface area contributed by atoms with Crippen LogP contribution in [-0.4, -0.2) is 81.7 Å². The number of pyridine rings is 1.